The molecule has 10 heteroatoms. The summed E-state index contributed by atoms with van der Waals surface area (Å²) in [5.74, 6) is -2.35. The van der Waals surface area contributed by atoms with E-state index in [4.69, 9.17) is 0 Å². The minimum absolute atomic E-state index is 0.0292. The highest BCUT2D eigenvalue weighted by molar-refractivity contribution is 7.89. The van der Waals surface area contributed by atoms with Crippen molar-refractivity contribution >= 4 is 20.0 Å². The van der Waals surface area contributed by atoms with Gasteiger partial charge < -0.3 is 0 Å². The molecular weight excluding hydrogens is 374 g/mol. The van der Waals surface area contributed by atoms with Crippen LogP contribution in [0, 0.1) is 11.6 Å². The third-order valence-corrected chi connectivity index (χ3v) is 8.19. The molecule has 25 heavy (non-hydrogen) atoms. The minimum Gasteiger partial charge on any atom is -0.212 e. The van der Waals surface area contributed by atoms with E-state index in [2.05, 4.69) is 0 Å². The Morgan fingerprint density at radius 2 is 1.64 bits per heavy atom. The summed E-state index contributed by atoms with van der Waals surface area (Å²) in [6.45, 7) is 0.625. The summed E-state index contributed by atoms with van der Waals surface area (Å²) in [5, 5.41) is 0. The van der Waals surface area contributed by atoms with Crippen molar-refractivity contribution in [1.82, 2.24) is 8.61 Å². The molecule has 0 saturated carbocycles. The number of halogens is 2. The van der Waals surface area contributed by atoms with E-state index in [1.54, 1.807) is 0 Å². The maximum atomic E-state index is 13.4. The second-order valence-electron chi connectivity index (χ2n) is 6.68. The fourth-order valence-corrected chi connectivity index (χ4v) is 6.88. The van der Waals surface area contributed by atoms with E-state index in [9.17, 15) is 25.6 Å². The maximum absolute atomic E-state index is 13.4. The smallest absolute Gasteiger partial charge is 0.212 e. The molecule has 0 bridgehead atoms. The number of piperidine rings is 1. The SMILES string of the molecule is CS(=O)(=O)N1CCCC12CCCN(S(=O)(=O)c1ccc(F)c(F)c1)C2. The summed E-state index contributed by atoms with van der Waals surface area (Å²) in [5.41, 5.74) is -0.753. The van der Waals surface area contributed by atoms with Crippen LogP contribution < -0.4 is 0 Å². The van der Waals surface area contributed by atoms with Gasteiger partial charge in [0.25, 0.3) is 0 Å². The Balaban J connectivity index is 1.94. The molecule has 1 unspecified atom stereocenters. The first kappa shape index (κ1) is 18.7. The van der Waals surface area contributed by atoms with Gasteiger partial charge in [0.2, 0.25) is 20.0 Å². The number of sulfonamides is 2. The van der Waals surface area contributed by atoms with Crippen molar-refractivity contribution in [1.29, 1.82) is 0 Å². The fourth-order valence-electron chi connectivity index (χ4n) is 3.90. The summed E-state index contributed by atoms with van der Waals surface area (Å²) < 4.78 is 78.9. The minimum atomic E-state index is -4.03. The first-order valence-corrected chi connectivity index (χ1v) is 11.3. The molecule has 1 aromatic carbocycles. The van der Waals surface area contributed by atoms with Crippen LogP contribution in [0.3, 0.4) is 0 Å². The molecular formula is C15H20F2N2O4S2. The predicted octanol–water partition coefficient (Wildman–Crippen LogP) is 1.54. The van der Waals surface area contributed by atoms with E-state index in [0.717, 1.165) is 18.4 Å². The van der Waals surface area contributed by atoms with Gasteiger partial charge >= 0.3 is 0 Å². The summed E-state index contributed by atoms with van der Waals surface area (Å²) in [6, 6.07) is 2.47. The molecule has 0 aliphatic carbocycles. The molecule has 2 saturated heterocycles. The second kappa shape index (κ2) is 6.26. The molecule has 6 nitrogen and oxygen atoms in total. The Bertz CT molecular complexity index is 889. The van der Waals surface area contributed by atoms with E-state index in [-0.39, 0.29) is 18.0 Å². The standard InChI is InChI=1S/C15H20F2N2O4S2/c1-24(20,21)19-9-3-7-15(19)6-2-8-18(11-15)25(22,23)12-4-5-13(16)14(17)10-12/h4-5,10H,2-3,6-9,11H2,1H3. The Morgan fingerprint density at radius 1 is 1.00 bits per heavy atom. The van der Waals surface area contributed by atoms with Gasteiger partial charge in [-0.15, -0.1) is 0 Å². The van der Waals surface area contributed by atoms with Crippen molar-refractivity contribution < 1.29 is 25.6 Å². The monoisotopic (exact) mass is 394 g/mol. The Kier molecular flexibility index (Phi) is 4.68. The number of rotatable bonds is 3. The predicted molar refractivity (Wildman–Crippen MR) is 87.9 cm³/mol. The van der Waals surface area contributed by atoms with Crippen molar-refractivity contribution in [3.8, 4) is 0 Å². The molecule has 2 fully saturated rings. The quantitative estimate of drug-likeness (QED) is 0.780. The summed E-state index contributed by atoms with van der Waals surface area (Å²) in [4.78, 5) is -0.327. The fraction of sp³-hybridized carbons (Fsp3) is 0.600. The normalized spacial score (nSPS) is 26.4. The van der Waals surface area contributed by atoms with E-state index < -0.39 is 37.2 Å². The van der Waals surface area contributed by atoms with Crippen LogP contribution in [0.25, 0.3) is 0 Å². The van der Waals surface area contributed by atoms with Crippen LogP contribution in [-0.4, -0.2) is 56.9 Å². The highest BCUT2D eigenvalue weighted by atomic mass is 32.2. The Morgan fingerprint density at radius 3 is 2.24 bits per heavy atom. The van der Waals surface area contributed by atoms with Crippen LogP contribution in [0.5, 0.6) is 0 Å². The molecule has 140 valence electrons. The maximum Gasteiger partial charge on any atom is 0.243 e. The van der Waals surface area contributed by atoms with E-state index in [0.29, 0.717) is 38.3 Å². The summed E-state index contributed by atoms with van der Waals surface area (Å²) in [6.07, 6.45) is 3.48. The van der Waals surface area contributed by atoms with E-state index in [1.165, 1.54) is 8.61 Å². The zero-order valence-electron chi connectivity index (χ0n) is 13.8. The van der Waals surface area contributed by atoms with Crippen molar-refractivity contribution in [2.45, 2.75) is 36.1 Å². The van der Waals surface area contributed by atoms with Crippen LogP contribution in [0.4, 0.5) is 8.78 Å². The lowest BCUT2D eigenvalue weighted by Gasteiger charge is -2.44. The van der Waals surface area contributed by atoms with Crippen molar-refractivity contribution in [2.75, 3.05) is 25.9 Å². The number of nitrogens with zero attached hydrogens (tertiary/aromatic N) is 2. The van der Waals surface area contributed by atoms with Crippen molar-refractivity contribution in [3.05, 3.63) is 29.8 Å². The van der Waals surface area contributed by atoms with E-state index in [1.807, 2.05) is 0 Å². The lowest BCUT2D eigenvalue weighted by Crippen LogP contribution is -2.58. The molecule has 0 amide bonds. The van der Waals surface area contributed by atoms with Gasteiger partial charge in [-0.25, -0.2) is 25.6 Å². The zero-order chi connectivity index (χ0) is 18.5. The van der Waals surface area contributed by atoms with Crippen LogP contribution in [0.2, 0.25) is 0 Å². The molecule has 2 heterocycles. The lowest BCUT2D eigenvalue weighted by atomic mass is 9.89. The van der Waals surface area contributed by atoms with Crippen LogP contribution in [0.1, 0.15) is 25.7 Å². The van der Waals surface area contributed by atoms with Gasteiger partial charge in [0.15, 0.2) is 11.6 Å². The molecule has 0 N–H and O–H groups in total. The topological polar surface area (TPSA) is 74.8 Å². The third-order valence-electron chi connectivity index (χ3n) is 4.98. The van der Waals surface area contributed by atoms with Gasteiger partial charge in [0.1, 0.15) is 0 Å². The van der Waals surface area contributed by atoms with Gasteiger partial charge in [0.05, 0.1) is 11.2 Å². The molecule has 3 rings (SSSR count). The number of hydrogen-bond donors (Lipinski definition) is 0. The van der Waals surface area contributed by atoms with Crippen molar-refractivity contribution in [2.24, 2.45) is 0 Å². The van der Waals surface area contributed by atoms with Gasteiger partial charge in [-0.1, -0.05) is 0 Å². The average molecular weight is 394 g/mol. The largest absolute Gasteiger partial charge is 0.243 e. The van der Waals surface area contributed by atoms with Crippen LogP contribution in [-0.2, 0) is 20.0 Å². The number of hydrogen-bond acceptors (Lipinski definition) is 4. The van der Waals surface area contributed by atoms with Gasteiger partial charge in [-0.05, 0) is 43.9 Å². The van der Waals surface area contributed by atoms with Gasteiger partial charge in [-0.2, -0.15) is 8.61 Å². The lowest BCUT2D eigenvalue weighted by molar-refractivity contribution is 0.138. The molecule has 1 atom stereocenters. The Hall–Kier alpha value is -1.10. The highest BCUT2D eigenvalue weighted by Crippen LogP contribution is 2.40. The summed E-state index contributed by atoms with van der Waals surface area (Å²) in [7, 11) is -7.48. The highest BCUT2D eigenvalue weighted by Gasteiger charge is 2.49. The van der Waals surface area contributed by atoms with Gasteiger partial charge in [0, 0.05) is 25.2 Å². The van der Waals surface area contributed by atoms with Gasteiger partial charge in [-0.3, -0.25) is 0 Å². The molecule has 0 aromatic heterocycles. The molecule has 2 aliphatic rings. The zero-order valence-corrected chi connectivity index (χ0v) is 15.4. The van der Waals surface area contributed by atoms with Crippen LogP contribution in [0.15, 0.2) is 23.1 Å². The number of benzene rings is 1. The first-order valence-electron chi connectivity index (χ1n) is 7.99. The van der Waals surface area contributed by atoms with Crippen molar-refractivity contribution in [3.63, 3.8) is 0 Å². The average Bonchev–Trinajstić information content (AvgIpc) is 2.93. The third kappa shape index (κ3) is 3.32. The molecule has 2 aliphatic heterocycles. The molecule has 0 radical (unpaired) electrons. The summed E-state index contributed by atoms with van der Waals surface area (Å²) >= 11 is 0. The van der Waals surface area contributed by atoms with E-state index >= 15 is 0 Å². The Labute approximate surface area is 146 Å². The molecule has 1 spiro atoms. The van der Waals surface area contributed by atoms with Crippen LogP contribution >= 0.6 is 0 Å². The first-order chi connectivity index (χ1) is 11.6. The molecule has 1 aromatic rings. The second-order valence-corrected chi connectivity index (χ2v) is 10.5.